The van der Waals surface area contributed by atoms with Gasteiger partial charge in [0.15, 0.2) is 5.11 Å². The number of aryl methyl sites for hydroxylation is 1. The van der Waals surface area contributed by atoms with Crippen LogP contribution in [0, 0.1) is 12.7 Å². The number of benzene rings is 3. The highest BCUT2D eigenvalue weighted by atomic mass is 32.1. The fraction of sp³-hybridized carbons (Fsp3) is 0.0476. The number of thiocarbonyl (C=S) groups is 1. The van der Waals surface area contributed by atoms with Crippen molar-refractivity contribution < 1.29 is 9.18 Å². The molecule has 0 fully saturated rings. The van der Waals surface area contributed by atoms with Gasteiger partial charge in [-0.05, 0) is 73.7 Å². The minimum Gasteiger partial charge on any atom is -0.332 e. The maximum atomic E-state index is 13.1. The number of fused-ring (bicyclic) bond motifs is 1. The Morgan fingerprint density at radius 1 is 0.966 bits per heavy atom. The van der Waals surface area contributed by atoms with E-state index in [1.54, 1.807) is 42.5 Å². The standard InChI is InChI=1S/C21H16FN5OS/c1-13-2-4-14(5-3-13)20(28)24-21(29)23-16-8-11-18-19(12-16)26-27(25-18)17-9-6-15(22)7-10-17/h2-12H,1H3,(H2,23,24,28,29). The number of nitrogens with one attached hydrogen (secondary N) is 2. The molecule has 1 heterocycles. The Morgan fingerprint density at radius 3 is 2.38 bits per heavy atom. The van der Waals surface area contributed by atoms with Gasteiger partial charge in [0, 0.05) is 11.3 Å². The van der Waals surface area contributed by atoms with E-state index in [0.717, 1.165) is 5.56 Å². The molecule has 0 aliphatic rings. The molecular formula is C21H16FN5OS. The van der Waals surface area contributed by atoms with Crippen molar-refractivity contribution in [2.24, 2.45) is 0 Å². The molecule has 0 unspecified atom stereocenters. The molecule has 2 N–H and O–H groups in total. The van der Waals surface area contributed by atoms with Gasteiger partial charge in [0.2, 0.25) is 0 Å². The van der Waals surface area contributed by atoms with E-state index in [-0.39, 0.29) is 16.8 Å². The molecule has 8 heteroatoms. The number of hydrogen-bond acceptors (Lipinski definition) is 4. The molecule has 0 aliphatic carbocycles. The highest BCUT2D eigenvalue weighted by Gasteiger charge is 2.10. The third-order valence-electron chi connectivity index (χ3n) is 4.24. The van der Waals surface area contributed by atoms with Gasteiger partial charge in [-0.3, -0.25) is 10.1 Å². The highest BCUT2D eigenvalue weighted by Crippen LogP contribution is 2.18. The van der Waals surface area contributed by atoms with Crippen LogP contribution in [0.1, 0.15) is 15.9 Å². The molecule has 0 aliphatic heterocycles. The smallest absolute Gasteiger partial charge is 0.257 e. The van der Waals surface area contributed by atoms with Crippen LogP contribution in [0.2, 0.25) is 0 Å². The van der Waals surface area contributed by atoms with Crippen LogP contribution in [0.5, 0.6) is 0 Å². The van der Waals surface area contributed by atoms with Crippen molar-refractivity contribution >= 4 is 40.0 Å². The van der Waals surface area contributed by atoms with Gasteiger partial charge in [-0.2, -0.15) is 4.80 Å². The van der Waals surface area contributed by atoms with E-state index < -0.39 is 0 Å². The fourth-order valence-corrected chi connectivity index (χ4v) is 2.94. The van der Waals surface area contributed by atoms with Crippen LogP contribution in [-0.2, 0) is 0 Å². The zero-order valence-electron chi connectivity index (χ0n) is 15.4. The summed E-state index contributed by atoms with van der Waals surface area (Å²) in [5.74, 6) is -0.607. The van der Waals surface area contributed by atoms with Gasteiger partial charge in [0.1, 0.15) is 16.9 Å². The molecule has 0 radical (unpaired) electrons. The summed E-state index contributed by atoms with van der Waals surface area (Å²) in [6.45, 7) is 1.95. The van der Waals surface area contributed by atoms with Crippen molar-refractivity contribution in [1.29, 1.82) is 0 Å². The Balaban J connectivity index is 1.47. The number of anilines is 1. The lowest BCUT2D eigenvalue weighted by Crippen LogP contribution is -2.34. The number of amides is 1. The topological polar surface area (TPSA) is 71.8 Å². The van der Waals surface area contributed by atoms with Crippen molar-refractivity contribution in [3.63, 3.8) is 0 Å². The van der Waals surface area contributed by atoms with Crippen LogP contribution in [0.15, 0.2) is 66.7 Å². The molecule has 1 aromatic heterocycles. The summed E-state index contributed by atoms with van der Waals surface area (Å²) in [5.41, 5.74) is 4.22. The molecule has 6 nitrogen and oxygen atoms in total. The maximum absolute atomic E-state index is 13.1. The van der Waals surface area contributed by atoms with Gasteiger partial charge in [-0.25, -0.2) is 4.39 Å². The van der Waals surface area contributed by atoms with Crippen LogP contribution in [0.4, 0.5) is 10.1 Å². The van der Waals surface area contributed by atoms with Crippen molar-refractivity contribution in [3.8, 4) is 5.69 Å². The van der Waals surface area contributed by atoms with Crippen molar-refractivity contribution in [2.75, 3.05) is 5.32 Å². The van der Waals surface area contributed by atoms with Gasteiger partial charge in [-0.1, -0.05) is 17.7 Å². The van der Waals surface area contributed by atoms with Crippen LogP contribution < -0.4 is 10.6 Å². The number of hydrogen-bond donors (Lipinski definition) is 2. The van der Waals surface area contributed by atoms with E-state index in [1.807, 2.05) is 19.1 Å². The molecular weight excluding hydrogens is 389 g/mol. The maximum Gasteiger partial charge on any atom is 0.257 e. The number of aromatic nitrogens is 3. The normalized spacial score (nSPS) is 10.7. The Morgan fingerprint density at radius 2 is 1.66 bits per heavy atom. The minimum atomic E-state index is -0.321. The first kappa shape index (κ1) is 18.7. The van der Waals surface area contributed by atoms with Gasteiger partial charge in [0.05, 0.1) is 5.69 Å². The number of carbonyl (C=O) groups is 1. The van der Waals surface area contributed by atoms with E-state index in [0.29, 0.717) is 28.0 Å². The second-order valence-corrected chi connectivity index (χ2v) is 6.85. The molecule has 0 atom stereocenters. The third-order valence-corrected chi connectivity index (χ3v) is 4.44. The predicted octanol–water partition coefficient (Wildman–Crippen LogP) is 3.99. The van der Waals surface area contributed by atoms with Crippen molar-refractivity contribution in [3.05, 3.63) is 83.7 Å². The molecule has 1 amide bonds. The van der Waals surface area contributed by atoms with E-state index >= 15 is 0 Å². The summed E-state index contributed by atoms with van der Waals surface area (Å²) in [6.07, 6.45) is 0. The quantitative estimate of drug-likeness (QED) is 0.504. The monoisotopic (exact) mass is 405 g/mol. The number of nitrogens with zero attached hydrogens (tertiary/aromatic N) is 3. The molecule has 0 bridgehead atoms. The summed E-state index contributed by atoms with van der Waals surface area (Å²) in [5, 5.41) is 14.6. The van der Waals surface area contributed by atoms with E-state index in [1.165, 1.54) is 16.9 Å². The lowest BCUT2D eigenvalue weighted by molar-refractivity contribution is 0.0977. The summed E-state index contributed by atoms with van der Waals surface area (Å²) in [6, 6.07) is 18.5. The van der Waals surface area contributed by atoms with Gasteiger partial charge in [0.25, 0.3) is 5.91 Å². The Kier molecular flexibility index (Phi) is 5.01. The molecule has 0 spiro atoms. The number of carbonyl (C=O) groups excluding carboxylic acids is 1. The van der Waals surface area contributed by atoms with Gasteiger partial charge in [-0.15, -0.1) is 10.2 Å². The van der Waals surface area contributed by atoms with Crippen molar-refractivity contribution in [2.45, 2.75) is 6.92 Å². The van der Waals surface area contributed by atoms with Crippen LogP contribution in [0.25, 0.3) is 16.7 Å². The first-order valence-electron chi connectivity index (χ1n) is 8.80. The fourth-order valence-electron chi connectivity index (χ4n) is 2.72. The zero-order chi connectivity index (χ0) is 20.4. The molecule has 29 heavy (non-hydrogen) atoms. The summed E-state index contributed by atoms with van der Waals surface area (Å²) in [4.78, 5) is 13.7. The average molecular weight is 405 g/mol. The minimum absolute atomic E-state index is 0.181. The largest absolute Gasteiger partial charge is 0.332 e. The lowest BCUT2D eigenvalue weighted by atomic mass is 10.1. The summed E-state index contributed by atoms with van der Waals surface area (Å²) >= 11 is 5.23. The van der Waals surface area contributed by atoms with E-state index in [2.05, 4.69) is 20.8 Å². The Hall–Kier alpha value is -3.65. The molecule has 0 saturated carbocycles. The average Bonchev–Trinajstić information content (AvgIpc) is 3.12. The molecule has 3 aromatic carbocycles. The molecule has 144 valence electrons. The lowest BCUT2D eigenvalue weighted by Gasteiger charge is -2.09. The van der Waals surface area contributed by atoms with E-state index in [4.69, 9.17) is 12.2 Å². The zero-order valence-corrected chi connectivity index (χ0v) is 16.2. The highest BCUT2D eigenvalue weighted by molar-refractivity contribution is 7.80. The van der Waals surface area contributed by atoms with Gasteiger partial charge >= 0.3 is 0 Å². The first-order chi connectivity index (χ1) is 14.0. The second-order valence-electron chi connectivity index (χ2n) is 6.44. The number of rotatable bonds is 3. The van der Waals surface area contributed by atoms with E-state index in [9.17, 15) is 9.18 Å². The van der Waals surface area contributed by atoms with Crippen LogP contribution in [0.3, 0.4) is 0 Å². The molecule has 4 rings (SSSR count). The first-order valence-corrected chi connectivity index (χ1v) is 9.21. The van der Waals surface area contributed by atoms with Crippen molar-refractivity contribution in [1.82, 2.24) is 20.3 Å². The second kappa shape index (κ2) is 7.76. The SMILES string of the molecule is Cc1ccc(C(=O)NC(=S)Nc2ccc3nn(-c4ccc(F)cc4)nc3c2)cc1. The Bertz CT molecular complexity index is 1200. The molecule has 4 aromatic rings. The summed E-state index contributed by atoms with van der Waals surface area (Å²) < 4.78 is 13.1. The predicted molar refractivity (Wildman–Crippen MR) is 114 cm³/mol. The van der Waals surface area contributed by atoms with Gasteiger partial charge < -0.3 is 5.32 Å². The molecule has 0 saturated heterocycles. The van der Waals surface area contributed by atoms with Crippen LogP contribution >= 0.6 is 12.2 Å². The number of halogens is 1. The third kappa shape index (κ3) is 4.27. The summed E-state index contributed by atoms with van der Waals surface area (Å²) in [7, 11) is 0. The van der Waals surface area contributed by atoms with Crippen LogP contribution in [-0.4, -0.2) is 26.0 Å². The Labute approximate surface area is 171 Å².